The number of H-pyrrole nitrogens is 1. The molecule has 2 heterocycles. The van der Waals surface area contributed by atoms with E-state index in [9.17, 15) is 33.4 Å². The number of aliphatic hydroxyl groups excluding tert-OH is 1. The summed E-state index contributed by atoms with van der Waals surface area (Å²) in [6.45, 7) is 0. The van der Waals surface area contributed by atoms with E-state index in [1.54, 1.807) is 4.98 Å². The fourth-order valence-corrected chi connectivity index (χ4v) is 2.87. The van der Waals surface area contributed by atoms with Crippen LogP contribution in [0.5, 0.6) is 0 Å². The number of rotatable bonds is 3. The second-order valence-corrected chi connectivity index (χ2v) is 6.19. The number of alkyl halides is 1. The van der Waals surface area contributed by atoms with Gasteiger partial charge < -0.3 is 36.5 Å². The molecule has 1 aromatic rings. The molecule has 0 radical (unpaired) electrons. The minimum atomic E-state index is -5.10. The average Bonchev–Trinajstić information content (AvgIpc) is 2.64. The molecule has 4 atom stereocenters. The molecule has 1 aliphatic rings. The molecule has 14 heteroatoms. The van der Waals surface area contributed by atoms with E-state index in [4.69, 9.17) is 10.00 Å². The molecule has 0 saturated carbocycles. The van der Waals surface area contributed by atoms with E-state index < -0.39 is 55.3 Å². The van der Waals surface area contributed by atoms with E-state index in [1.165, 1.54) is 6.07 Å². The second kappa shape index (κ2) is 7.77. The summed E-state index contributed by atoms with van der Waals surface area (Å²) in [7, 11) is -5.10. The van der Waals surface area contributed by atoms with Gasteiger partial charge in [-0.3, -0.25) is 14.3 Å². The van der Waals surface area contributed by atoms with E-state index in [1.807, 2.05) is 0 Å². The van der Waals surface area contributed by atoms with Crippen LogP contribution in [-0.2, 0) is 9.30 Å². The molecule has 2 rings (SSSR count). The van der Waals surface area contributed by atoms with Crippen molar-refractivity contribution in [2.24, 2.45) is 0 Å². The summed E-state index contributed by atoms with van der Waals surface area (Å²) in [6.07, 6.45) is -8.96. The lowest BCUT2D eigenvalue weighted by Gasteiger charge is -2.32. The van der Waals surface area contributed by atoms with Crippen molar-refractivity contribution in [3.05, 3.63) is 32.6 Å². The lowest BCUT2D eigenvalue weighted by atomic mass is 10.1. The largest absolute Gasteiger partial charge is 0.811 e. The highest BCUT2D eigenvalue weighted by Crippen LogP contribution is 2.37. The van der Waals surface area contributed by atoms with Gasteiger partial charge in [-0.25, -0.2) is 9.18 Å². The minimum Gasteiger partial charge on any atom is -0.811 e. The smallest absolute Gasteiger partial charge is 0.331 e. The number of nitrogens with one attached hydrogen (secondary N) is 1. The second-order valence-electron chi connectivity index (χ2n) is 4.60. The molecule has 1 aromatic heterocycles. The van der Waals surface area contributed by atoms with Gasteiger partial charge in [-0.2, -0.15) is 5.26 Å². The first-order chi connectivity index (χ1) is 10.1. The molecule has 1 aliphatic heterocycles. The van der Waals surface area contributed by atoms with Gasteiger partial charge in [0.15, 0.2) is 12.4 Å². The van der Waals surface area contributed by atoms with Crippen molar-refractivity contribution in [1.29, 1.82) is 5.26 Å². The van der Waals surface area contributed by atoms with Crippen LogP contribution in [0, 0.1) is 11.3 Å². The Morgan fingerprint density at radius 3 is 2.54 bits per heavy atom. The quantitative estimate of drug-likeness (QED) is 0.420. The molecule has 0 aromatic carbocycles. The van der Waals surface area contributed by atoms with Crippen LogP contribution in [0.1, 0.15) is 11.9 Å². The van der Waals surface area contributed by atoms with Crippen LogP contribution in [0.4, 0.5) is 4.39 Å². The number of aromatic nitrogens is 2. The number of ether oxygens (including phenoxy) is 1. The van der Waals surface area contributed by atoms with E-state index in [-0.39, 0.29) is 12.3 Å². The minimum absolute atomic E-state index is 0. The molecule has 0 aliphatic carbocycles. The SMILES string of the molecule is N#Cc1cc(=O)[nH]c(=O)n1[C@@H]1O[C@H](CP(=O)([O-])[O-])[C@@H](O)[C@H]1F.[NH4+].[NH4+]. The van der Waals surface area contributed by atoms with Crippen LogP contribution in [-0.4, -0.2) is 39.2 Å². The Morgan fingerprint density at radius 1 is 1.46 bits per heavy atom. The molecule has 12 nitrogen and oxygen atoms in total. The predicted octanol–water partition coefficient (Wildman–Crippen LogP) is -2.33. The van der Waals surface area contributed by atoms with E-state index in [2.05, 4.69) is 0 Å². The lowest BCUT2D eigenvalue weighted by Crippen LogP contribution is -2.37. The number of aromatic amines is 1. The standard InChI is InChI=1S/C10H11FN3O7P.2H3N/c11-7-8(16)5(3-22(18,19)20)21-9(7)14-4(2-12)1-6(15)13-10(14)17;;/h1,5,7-9,16H,3H2,(H,13,15,17)(H2,18,19,20);2*1H3/t5-,7-,8-,9-;;/m1../s1. The summed E-state index contributed by atoms with van der Waals surface area (Å²) in [4.78, 5) is 46.0. The van der Waals surface area contributed by atoms with Crippen LogP contribution < -0.4 is 33.3 Å². The summed E-state index contributed by atoms with van der Waals surface area (Å²) in [5.74, 6) is 0. The van der Waals surface area contributed by atoms with Gasteiger partial charge in [-0.15, -0.1) is 0 Å². The first-order valence-corrected chi connectivity index (χ1v) is 7.61. The molecule has 0 unspecified atom stereocenters. The molecule has 136 valence electrons. The molecule has 0 amide bonds. The van der Waals surface area contributed by atoms with Crippen molar-refractivity contribution in [1.82, 2.24) is 21.9 Å². The van der Waals surface area contributed by atoms with Crippen molar-refractivity contribution in [2.45, 2.75) is 24.6 Å². The zero-order valence-corrected chi connectivity index (χ0v) is 13.6. The Hall–Kier alpha value is -1.91. The third-order valence-corrected chi connectivity index (χ3v) is 3.85. The Balaban J connectivity index is 0.00000264. The van der Waals surface area contributed by atoms with Gasteiger partial charge in [0.2, 0.25) is 0 Å². The number of halogens is 1. The Morgan fingerprint density at radius 2 is 2.04 bits per heavy atom. The molecule has 0 spiro atoms. The van der Waals surface area contributed by atoms with Crippen LogP contribution in [0.2, 0.25) is 0 Å². The zero-order chi connectivity index (χ0) is 16.7. The fourth-order valence-electron chi connectivity index (χ4n) is 2.13. The van der Waals surface area contributed by atoms with Crippen LogP contribution in [0.15, 0.2) is 15.7 Å². The number of hydrogen-bond donors (Lipinski definition) is 4. The van der Waals surface area contributed by atoms with Gasteiger partial charge in [0.25, 0.3) is 5.56 Å². The third-order valence-electron chi connectivity index (χ3n) is 3.04. The normalized spacial score (nSPS) is 26.1. The van der Waals surface area contributed by atoms with Crippen LogP contribution in [0.3, 0.4) is 0 Å². The average molecular weight is 369 g/mol. The highest BCUT2D eigenvalue weighted by atomic mass is 31.2. The highest BCUT2D eigenvalue weighted by molar-refractivity contribution is 7.48. The van der Waals surface area contributed by atoms with Crippen molar-refractivity contribution >= 4 is 7.60 Å². The topological polar surface area (TPSA) is 244 Å². The van der Waals surface area contributed by atoms with Crippen molar-refractivity contribution < 1.29 is 28.6 Å². The highest BCUT2D eigenvalue weighted by Gasteiger charge is 2.46. The lowest BCUT2D eigenvalue weighted by molar-refractivity contribution is -0.315. The molecule has 24 heavy (non-hydrogen) atoms. The maximum absolute atomic E-state index is 14.1. The molecule has 10 N–H and O–H groups in total. The maximum Gasteiger partial charge on any atom is 0.331 e. The molecule has 1 saturated heterocycles. The Labute approximate surface area is 133 Å². The van der Waals surface area contributed by atoms with Gasteiger partial charge in [-0.1, -0.05) is 7.60 Å². The van der Waals surface area contributed by atoms with E-state index in [0.717, 1.165) is 0 Å². The van der Waals surface area contributed by atoms with Crippen molar-refractivity contribution in [2.75, 3.05) is 6.16 Å². The summed E-state index contributed by atoms with van der Waals surface area (Å²) >= 11 is 0. The Kier molecular flexibility index (Phi) is 7.16. The number of hydrogen-bond acceptors (Lipinski definition) is 8. The molecule has 1 fully saturated rings. The monoisotopic (exact) mass is 369 g/mol. The van der Waals surface area contributed by atoms with Gasteiger partial charge in [-0.05, 0) is 0 Å². The van der Waals surface area contributed by atoms with Gasteiger partial charge in [0.1, 0.15) is 17.9 Å². The molecular formula is C10H17FN5O7P. The van der Waals surface area contributed by atoms with Gasteiger partial charge in [0.05, 0.1) is 6.10 Å². The molecular weight excluding hydrogens is 352 g/mol. The van der Waals surface area contributed by atoms with Crippen molar-refractivity contribution in [3.63, 3.8) is 0 Å². The summed E-state index contributed by atoms with van der Waals surface area (Å²) in [5, 5.41) is 18.5. The first-order valence-electron chi connectivity index (χ1n) is 5.88. The zero-order valence-electron chi connectivity index (χ0n) is 12.7. The van der Waals surface area contributed by atoms with Gasteiger partial charge >= 0.3 is 5.69 Å². The summed E-state index contributed by atoms with van der Waals surface area (Å²) in [6, 6.07) is 2.20. The summed E-state index contributed by atoms with van der Waals surface area (Å²) < 4.78 is 30.1. The molecule has 0 bridgehead atoms. The predicted molar refractivity (Wildman–Crippen MR) is 75.3 cm³/mol. The third kappa shape index (κ3) is 4.34. The van der Waals surface area contributed by atoms with E-state index >= 15 is 0 Å². The number of aliphatic hydroxyl groups is 1. The van der Waals surface area contributed by atoms with Gasteiger partial charge in [0, 0.05) is 12.2 Å². The fraction of sp³-hybridized carbons (Fsp3) is 0.500. The number of nitriles is 1. The first kappa shape index (κ1) is 22.1. The van der Waals surface area contributed by atoms with Crippen molar-refractivity contribution in [3.8, 4) is 6.07 Å². The van der Waals surface area contributed by atoms with Crippen LogP contribution in [0.25, 0.3) is 0 Å². The van der Waals surface area contributed by atoms with E-state index in [0.29, 0.717) is 10.6 Å². The maximum atomic E-state index is 14.1. The Bertz CT molecular complexity index is 783. The number of quaternary nitrogens is 2. The number of nitrogens with zero attached hydrogens (tertiary/aromatic N) is 2. The summed E-state index contributed by atoms with van der Waals surface area (Å²) in [5.41, 5.74) is -2.61. The van der Waals surface area contributed by atoms with Crippen LogP contribution >= 0.6 is 7.60 Å².